The average molecular weight is 265 g/mol. The molecular weight excluding hydrogens is 254 g/mol. The second-order valence-electron chi connectivity index (χ2n) is 3.77. The van der Waals surface area contributed by atoms with Gasteiger partial charge in [0.05, 0.1) is 5.69 Å². The van der Waals surface area contributed by atoms with Crippen LogP contribution in [-0.2, 0) is 9.59 Å². The number of nitrogens with zero attached hydrogens (tertiary/aromatic N) is 1. The molecule has 1 aromatic rings. The summed E-state index contributed by atoms with van der Waals surface area (Å²) in [6, 6.07) is 4.11. The van der Waals surface area contributed by atoms with E-state index in [1.165, 1.54) is 11.8 Å². The summed E-state index contributed by atoms with van der Waals surface area (Å²) in [4.78, 5) is 36.2. The Balaban J connectivity index is 2.62. The maximum absolute atomic E-state index is 12.0. The summed E-state index contributed by atoms with van der Waals surface area (Å²) >= 11 is 1.45. The first-order chi connectivity index (χ1) is 8.47. The molecule has 0 saturated heterocycles. The van der Waals surface area contributed by atoms with Gasteiger partial charge in [-0.15, -0.1) is 11.8 Å². The molecule has 0 saturated carbocycles. The molecule has 0 fully saturated rings. The second kappa shape index (κ2) is 4.34. The molecule has 0 radical (unpaired) electrons. The van der Waals surface area contributed by atoms with Crippen molar-refractivity contribution in [1.29, 1.82) is 0 Å². The summed E-state index contributed by atoms with van der Waals surface area (Å²) in [6.45, 7) is 0. The largest absolute Gasteiger partial charge is 0.369 e. The quantitative estimate of drug-likeness (QED) is 0.596. The van der Waals surface area contributed by atoms with E-state index in [0.29, 0.717) is 11.3 Å². The second-order valence-corrected chi connectivity index (χ2v) is 4.65. The molecule has 0 aliphatic carbocycles. The molecule has 2 rings (SSSR count). The Labute approximate surface area is 107 Å². The third-order valence-corrected chi connectivity index (χ3v) is 3.49. The van der Waals surface area contributed by atoms with E-state index < -0.39 is 23.8 Å². The molecule has 1 aliphatic heterocycles. The van der Waals surface area contributed by atoms with Crippen molar-refractivity contribution >= 4 is 35.3 Å². The first-order valence-electron chi connectivity index (χ1n) is 5.08. The van der Waals surface area contributed by atoms with Crippen LogP contribution in [0.5, 0.6) is 0 Å². The number of carbonyl (C=O) groups is 3. The zero-order chi connectivity index (χ0) is 13.4. The SMILES string of the molecule is CSc1ccc2c(c1)N(C(N)=O)C(=O)C2C(N)=O. The molecule has 1 atom stereocenters. The lowest BCUT2D eigenvalue weighted by molar-refractivity contribution is -0.127. The highest BCUT2D eigenvalue weighted by molar-refractivity contribution is 7.98. The Morgan fingerprint density at radius 2 is 2.00 bits per heavy atom. The van der Waals surface area contributed by atoms with E-state index in [4.69, 9.17) is 11.5 Å². The topological polar surface area (TPSA) is 106 Å². The number of primary amides is 2. The zero-order valence-corrected chi connectivity index (χ0v) is 10.4. The van der Waals surface area contributed by atoms with Gasteiger partial charge in [0.15, 0.2) is 0 Å². The molecule has 7 heteroatoms. The van der Waals surface area contributed by atoms with Gasteiger partial charge in [-0.3, -0.25) is 9.59 Å². The summed E-state index contributed by atoms with van der Waals surface area (Å²) < 4.78 is 0. The number of nitrogens with two attached hydrogens (primary N) is 2. The van der Waals surface area contributed by atoms with Crippen molar-refractivity contribution in [3.63, 3.8) is 0 Å². The fraction of sp³-hybridized carbons (Fsp3) is 0.182. The number of anilines is 1. The molecule has 1 heterocycles. The minimum atomic E-state index is -1.14. The molecule has 94 valence electrons. The highest BCUT2D eigenvalue weighted by Crippen LogP contribution is 2.39. The normalized spacial score (nSPS) is 17.7. The van der Waals surface area contributed by atoms with Gasteiger partial charge in [-0.25, -0.2) is 9.69 Å². The predicted molar refractivity (Wildman–Crippen MR) is 67.2 cm³/mol. The van der Waals surface area contributed by atoms with Gasteiger partial charge in [-0.2, -0.15) is 0 Å². The molecule has 6 nitrogen and oxygen atoms in total. The van der Waals surface area contributed by atoms with Crippen LogP contribution in [0.25, 0.3) is 0 Å². The smallest absolute Gasteiger partial charge is 0.326 e. The van der Waals surface area contributed by atoms with E-state index in [1.54, 1.807) is 18.2 Å². The average Bonchev–Trinajstić information content (AvgIpc) is 2.59. The minimum absolute atomic E-state index is 0.336. The Morgan fingerprint density at radius 3 is 2.50 bits per heavy atom. The van der Waals surface area contributed by atoms with Crippen LogP contribution in [0.2, 0.25) is 0 Å². The zero-order valence-electron chi connectivity index (χ0n) is 9.54. The van der Waals surface area contributed by atoms with Gasteiger partial charge >= 0.3 is 6.03 Å². The summed E-state index contributed by atoms with van der Waals surface area (Å²) in [5, 5.41) is 0. The van der Waals surface area contributed by atoms with Crippen LogP contribution < -0.4 is 16.4 Å². The summed E-state index contributed by atoms with van der Waals surface area (Å²) in [7, 11) is 0. The van der Waals surface area contributed by atoms with Crippen molar-refractivity contribution in [3.8, 4) is 0 Å². The maximum atomic E-state index is 12.0. The number of thioether (sulfide) groups is 1. The number of hydrogen-bond donors (Lipinski definition) is 2. The molecule has 4 amide bonds. The van der Waals surface area contributed by atoms with E-state index in [0.717, 1.165) is 9.80 Å². The first kappa shape index (κ1) is 12.4. The van der Waals surface area contributed by atoms with Crippen molar-refractivity contribution in [2.45, 2.75) is 10.8 Å². The molecule has 0 aromatic heterocycles. The number of urea groups is 1. The third-order valence-electron chi connectivity index (χ3n) is 2.76. The monoisotopic (exact) mass is 265 g/mol. The van der Waals surface area contributed by atoms with Gasteiger partial charge in [0.25, 0.3) is 5.91 Å². The van der Waals surface area contributed by atoms with Gasteiger partial charge in [0.1, 0.15) is 5.92 Å². The summed E-state index contributed by atoms with van der Waals surface area (Å²) in [5.74, 6) is -2.62. The standard InChI is InChI=1S/C11H11N3O3S/c1-18-5-2-3-6-7(4-5)14(11(13)17)10(16)8(6)9(12)15/h2-4,8H,1H3,(H2,12,15)(H2,13,17). The lowest BCUT2D eigenvalue weighted by Crippen LogP contribution is -2.41. The van der Waals surface area contributed by atoms with Crippen molar-refractivity contribution < 1.29 is 14.4 Å². The molecule has 18 heavy (non-hydrogen) atoms. The maximum Gasteiger partial charge on any atom is 0.326 e. The first-order valence-corrected chi connectivity index (χ1v) is 6.30. The molecule has 0 bridgehead atoms. The van der Waals surface area contributed by atoms with E-state index in [1.807, 2.05) is 6.26 Å². The number of rotatable bonds is 2. The fourth-order valence-corrected chi connectivity index (χ4v) is 2.40. The molecular formula is C11H11N3O3S. The van der Waals surface area contributed by atoms with Gasteiger partial charge in [0, 0.05) is 4.90 Å². The van der Waals surface area contributed by atoms with Crippen LogP contribution in [-0.4, -0.2) is 24.1 Å². The Bertz CT molecular complexity index is 558. The minimum Gasteiger partial charge on any atom is -0.369 e. The number of amides is 4. The molecule has 1 unspecified atom stereocenters. The Morgan fingerprint density at radius 1 is 1.33 bits per heavy atom. The number of fused-ring (bicyclic) bond motifs is 1. The predicted octanol–water partition coefficient (Wildman–Crippen LogP) is 0.403. The van der Waals surface area contributed by atoms with Crippen LogP contribution in [0, 0.1) is 0 Å². The van der Waals surface area contributed by atoms with Gasteiger partial charge in [-0.1, -0.05) is 6.07 Å². The summed E-state index contributed by atoms with van der Waals surface area (Å²) in [6.07, 6.45) is 1.86. The van der Waals surface area contributed by atoms with E-state index in [2.05, 4.69) is 0 Å². The third kappa shape index (κ3) is 1.72. The van der Waals surface area contributed by atoms with E-state index in [9.17, 15) is 14.4 Å². The van der Waals surface area contributed by atoms with Crippen molar-refractivity contribution in [3.05, 3.63) is 23.8 Å². The van der Waals surface area contributed by atoms with Crippen LogP contribution in [0.1, 0.15) is 11.5 Å². The van der Waals surface area contributed by atoms with Crippen molar-refractivity contribution in [2.24, 2.45) is 11.5 Å². The van der Waals surface area contributed by atoms with Crippen molar-refractivity contribution in [1.82, 2.24) is 0 Å². The fourth-order valence-electron chi connectivity index (χ4n) is 1.97. The molecule has 4 N–H and O–H groups in total. The Hall–Kier alpha value is -2.02. The van der Waals surface area contributed by atoms with E-state index >= 15 is 0 Å². The van der Waals surface area contributed by atoms with Gasteiger partial charge in [-0.05, 0) is 24.0 Å². The highest BCUT2D eigenvalue weighted by Gasteiger charge is 2.43. The number of imide groups is 1. The Kier molecular flexibility index (Phi) is 3.00. The number of benzene rings is 1. The molecule has 0 spiro atoms. The number of carbonyl (C=O) groups excluding carboxylic acids is 3. The molecule has 1 aromatic carbocycles. The van der Waals surface area contributed by atoms with Crippen LogP contribution in [0.3, 0.4) is 0 Å². The summed E-state index contributed by atoms with van der Waals surface area (Å²) in [5.41, 5.74) is 11.1. The van der Waals surface area contributed by atoms with Crippen molar-refractivity contribution in [2.75, 3.05) is 11.2 Å². The van der Waals surface area contributed by atoms with Gasteiger partial charge in [0.2, 0.25) is 5.91 Å². The van der Waals surface area contributed by atoms with Crippen LogP contribution in [0.4, 0.5) is 10.5 Å². The molecule has 1 aliphatic rings. The van der Waals surface area contributed by atoms with Gasteiger partial charge < -0.3 is 11.5 Å². The van der Waals surface area contributed by atoms with E-state index in [-0.39, 0.29) is 0 Å². The lowest BCUT2D eigenvalue weighted by atomic mass is 10.0. The lowest BCUT2D eigenvalue weighted by Gasteiger charge is -2.12. The highest BCUT2D eigenvalue weighted by atomic mass is 32.2. The van der Waals surface area contributed by atoms with Crippen LogP contribution in [0.15, 0.2) is 23.1 Å². The number of hydrogen-bond acceptors (Lipinski definition) is 4. The van der Waals surface area contributed by atoms with Crippen LogP contribution >= 0.6 is 11.8 Å².